The van der Waals surface area contributed by atoms with Crippen LogP contribution in [0.3, 0.4) is 0 Å². The Hall–Kier alpha value is -4.08. The van der Waals surface area contributed by atoms with Crippen molar-refractivity contribution in [3.05, 3.63) is 101 Å². The molecule has 0 aromatic heterocycles. The van der Waals surface area contributed by atoms with E-state index in [0.29, 0.717) is 28.6 Å². The maximum Gasteiger partial charge on any atom is 0.262 e. The third kappa shape index (κ3) is 7.01. The van der Waals surface area contributed by atoms with E-state index in [1.807, 2.05) is 36.4 Å². The van der Waals surface area contributed by atoms with Crippen molar-refractivity contribution in [2.24, 2.45) is 0 Å². The summed E-state index contributed by atoms with van der Waals surface area (Å²) >= 11 is 5.82. The molecule has 0 unspecified atom stereocenters. The van der Waals surface area contributed by atoms with Crippen LogP contribution in [0.4, 0.5) is 5.69 Å². The van der Waals surface area contributed by atoms with Gasteiger partial charge in [-0.3, -0.25) is 9.59 Å². The van der Waals surface area contributed by atoms with Gasteiger partial charge in [-0.25, -0.2) is 0 Å². The summed E-state index contributed by atoms with van der Waals surface area (Å²) in [6.07, 6.45) is 1.50. The molecular weight excluding hydrogens is 426 g/mol. The van der Waals surface area contributed by atoms with E-state index in [2.05, 4.69) is 10.6 Å². The first kappa shape index (κ1) is 22.6. The van der Waals surface area contributed by atoms with E-state index in [1.165, 1.54) is 6.08 Å². The van der Waals surface area contributed by atoms with Gasteiger partial charge in [0, 0.05) is 17.3 Å². The van der Waals surface area contributed by atoms with Crippen LogP contribution in [0.1, 0.15) is 11.1 Å². The highest BCUT2D eigenvalue weighted by molar-refractivity contribution is 6.30. The first-order valence-corrected chi connectivity index (χ1v) is 10.1. The van der Waals surface area contributed by atoms with Crippen LogP contribution >= 0.6 is 11.6 Å². The van der Waals surface area contributed by atoms with Gasteiger partial charge in [-0.2, -0.15) is 5.26 Å². The maximum atomic E-state index is 12.3. The van der Waals surface area contributed by atoms with Crippen molar-refractivity contribution >= 4 is 35.2 Å². The number of carbonyl (C=O) groups is 2. The molecule has 160 valence electrons. The zero-order valence-corrected chi connectivity index (χ0v) is 17.8. The number of hydrogen-bond acceptors (Lipinski definition) is 4. The summed E-state index contributed by atoms with van der Waals surface area (Å²) in [4.78, 5) is 24.3. The molecule has 2 amide bonds. The molecule has 0 aliphatic rings. The molecule has 0 spiro atoms. The molecule has 0 fully saturated rings. The standard InChI is InChI=1S/C25H20ClN3O3/c26-21-8-10-22(11-9-21)29-24(30)17-32-23-12-6-18(7-13-23)14-20(15-27)25(31)28-16-19-4-2-1-3-5-19/h1-14H,16-17H2,(H,28,31)(H,29,30)/b20-14+. The normalized spacial score (nSPS) is 10.7. The molecule has 0 radical (unpaired) electrons. The van der Waals surface area contributed by atoms with Crippen LogP contribution in [0, 0.1) is 11.3 Å². The Morgan fingerprint density at radius 1 is 0.969 bits per heavy atom. The molecule has 3 rings (SSSR count). The average Bonchev–Trinajstić information content (AvgIpc) is 2.82. The Morgan fingerprint density at radius 2 is 1.66 bits per heavy atom. The number of ether oxygens (including phenoxy) is 1. The van der Waals surface area contributed by atoms with Crippen molar-refractivity contribution in [1.82, 2.24) is 5.32 Å². The number of anilines is 1. The van der Waals surface area contributed by atoms with Crippen molar-refractivity contribution in [3.63, 3.8) is 0 Å². The van der Waals surface area contributed by atoms with Gasteiger partial charge in [0.25, 0.3) is 11.8 Å². The third-order valence-corrected chi connectivity index (χ3v) is 4.60. The van der Waals surface area contributed by atoms with Crippen LogP contribution < -0.4 is 15.4 Å². The van der Waals surface area contributed by atoms with Crippen LogP contribution in [0.15, 0.2) is 84.4 Å². The fourth-order valence-electron chi connectivity index (χ4n) is 2.73. The second kappa shape index (κ2) is 11.3. The van der Waals surface area contributed by atoms with Crippen molar-refractivity contribution in [3.8, 4) is 11.8 Å². The topological polar surface area (TPSA) is 91.2 Å². The van der Waals surface area contributed by atoms with Crippen LogP contribution in [0.5, 0.6) is 5.75 Å². The summed E-state index contributed by atoms with van der Waals surface area (Å²) < 4.78 is 5.48. The fraction of sp³-hybridized carbons (Fsp3) is 0.0800. The zero-order valence-electron chi connectivity index (χ0n) is 17.0. The van der Waals surface area contributed by atoms with E-state index >= 15 is 0 Å². The van der Waals surface area contributed by atoms with E-state index < -0.39 is 5.91 Å². The van der Waals surface area contributed by atoms with Gasteiger partial charge in [-0.05, 0) is 53.6 Å². The van der Waals surface area contributed by atoms with E-state index in [0.717, 1.165) is 5.56 Å². The van der Waals surface area contributed by atoms with Crippen LogP contribution in [-0.2, 0) is 16.1 Å². The first-order valence-electron chi connectivity index (χ1n) is 9.76. The summed E-state index contributed by atoms with van der Waals surface area (Å²) in [7, 11) is 0. The summed E-state index contributed by atoms with van der Waals surface area (Å²) in [6, 6.07) is 24.9. The van der Waals surface area contributed by atoms with Gasteiger partial charge < -0.3 is 15.4 Å². The quantitative estimate of drug-likeness (QED) is 0.392. The molecule has 3 aromatic rings. The summed E-state index contributed by atoms with van der Waals surface area (Å²) in [6.45, 7) is 0.173. The number of carbonyl (C=O) groups excluding carboxylic acids is 2. The Labute approximate surface area is 191 Å². The van der Waals surface area contributed by atoms with Crippen molar-refractivity contribution < 1.29 is 14.3 Å². The van der Waals surface area contributed by atoms with E-state index in [4.69, 9.17) is 16.3 Å². The Balaban J connectivity index is 1.52. The van der Waals surface area contributed by atoms with E-state index in [1.54, 1.807) is 48.5 Å². The van der Waals surface area contributed by atoms with Gasteiger partial charge in [-0.15, -0.1) is 0 Å². The van der Waals surface area contributed by atoms with Crippen molar-refractivity contribution in [2.75, 3.05) is 11.9 Å². The van der Waals surface area contributed by atoms with Gasteiger partial charge in [0.05, 0.1) is 0 Å². The van der Waals surface area contributed by atoms with E-state index in [9.17, 15) is 14.9 Å². The van der Waals surface area contributed by atoms with Crippen LogP contribution in [0.2, 0.25) is 5.02 Å². The molecule has 0 saturated heterocycles. The van der Waals surface area contributed by atoms with Gasteiger partial charge in [-0.1, -0.05) is 54.1 Å². The van der Waals surface area contributed by atoms with Crippen molar-refractivity contribution in [1.29, 1.82) is 5.26 Å². The number of rotatable bonds is 8. The third-order valence-electron chi connectivity index (χ3n) is 4.35. The molecule has 3 aromatic carbocycles. The Bertz CT molecular complexity index is 1140. The number of amides is 2. The highest BCUT2D eigenvalue weighted by atomic mass is 35.5. The molecule has 0 atom stereocenters. The minimum atomic E-state index is -0.449. The largest absolute Gasteiger partial charge is 0.484 e. The summed E-state index contributed by atoms with van der Waals surface area (Å²) in [5.41, 5.74) is 2.23. The molecule has 7 heteroatoms. The maximum absolute atomic E-state index is 12.3. The minimum absolute atomic E-state index is 0.00283. The second-order valence-corrected chi connectivity index (χ2v) is 7.19. The minimum Gasteiger partial charge on any atom is -0.484 e. The average molecular weight is 446 g/mol. The zero-order chi connectivity index (χ0) is 22.8. The second-order valence-electron chi connectivity index (χ2n) is 6.75. The number of nitriles is 1. The van der Waals surface area contributed by atoms with Gasteiger partial charge in [0.15, 0.2) is 6.61 Å². The van der Waals surface area contributed by atoms with Crippen LogP contribution in [0.25, 0.3) is 6.08 Å². The molecule has 32 heavy (non-hydrogen) atoms. The smallest absolute Gasteiger partial charge is 0.262 e. The van der Waals surface area contributed by atoms with Gasteiger partial charge in [0.1, 0.15) is 17.4 Å². The SMILES string of the molecule is N#C/C(=C\c1ccc(OCC(=O)Nc2ccc(Cl)cc2)cc1)C(=O)NCc1ccccc1. The molecule has 0 aliphatic carbocycles. The molecule has 0 saturated carbocycles. The number of hydrogen-bond donors (Lipinski definition) is 2. The molecule has 0 bridgehead atoms. The molecular formula is C25H20ClN3O3. The lowest BCUT2D eigenvalue weighted by atomic mass is 10.1. The van der Waals surface area contributed by atoms with Crippen molar-refractivity contribution in [2.45, 2.75) is 6.54 Å². The van der Waals surface area contributed by atoms with E-state index in [-0.39, 0.29) is 18.1 Å². The summed E-state index contributed by atoms with van der Waals surface area (Å²) in [5.74, 6) is -0.269. The Morgan fingerprint density at radius 3 is 2.31 bits per heavy atom. The number of nitrogens with zero attached hydrogens (tertiary/aromatic N) is 1. The van der Waals surface area contributed by atoms with Gasteiger partial charge in [0.2, 0.25) is 0 Å². The lowest BCUT2D eigenvalue weighted by molar-refractivity contribution is -0.118. The molecule has 0 aliphatic heterocycles. The highest BCUT2D eigenvalue weighted by Crippen LogP contribution is 2.16. The lowest BCUT2D eigenvalue weighted by Gasteiger charge is -2.08. The fourth-order valence-corrected chi connectivity index (χ4v) is 2.85. The monoisotopic (exact) mass is 445 g/mol. The molecule has 6 nitrogen and oxygen atoms in total. The highest BCUT2D eigenvalue weighted by Gasteiger charge is 2.09. The first-order chi connectivity index (χ1) is 15.5. The number of halogens is 1. The molecule has 0 heterocycles. The van der Waals surface area contributed by atoms with Crippen LogP contribution in [-0.4, -0.2) is 18.4 Å². The predicted molar refractivity (Wildman–Crippen MR) is 124 cm³/mol. The number of benzene rings is 3. The summed E-state index contributed by atoms with van der Waals surface area (Å²) in [5, 5.41) is 15.4. The van der Waals surface area contributed by atoms with Gasteiger partial charge >= 0.3 is 0 Å². The Kier molecular flexibility index (Phi) is 8.02. The number of nitrogens with one attached hydrogen (secondary N) is 2. The molecule has 2 N–H and O–H groups in total. The predicted octanol–water partition coefficient (Wildman–Crippen LogP) is 4.58. The lowest BCUT2D eigenvalue weighted by Crippen LogP contribution is -2.23.